The van der Waals surface area contributed by atoms with Crippen LogP contribution in [0, 0.1) is 6.92 Å². The third-order valence-electron chi connectivity index (χ3n) is 3.72. The molecule has 0 saturated carbocycles. The second-order valence-corrected chi connectivity index (χ2v) is 5.55. The summed E-state index contributed by atoms with van der Waals surface area (Å²) in [6.45, 7) is 6.34. The van der Waals surface area contributed by atoms with Crippen LogP contribution in [0.15, 0.2) is 40.8 Å². The van der Waals surface area contributed by atoms with Crippen LogP contribution in [-0.2, 0) is 0 Å². The Balaban J connectivity index is 2.12. The van der Waals surface area contributed by atoms with Gasteiger partial charge < -0.3 is 9.15 Å². The van der Waals surface area contributed by atoms with Crippen molar-refractivity contribution >= 4 is 11.1 Å². The number of nitrogens with zero attached hydrogens (tertiary/aromatic N) is 1. The largest absolute Gasteiger partial charge is 0.496 e. The second kappa shape index (κ2) is 5.24. The Hall–Kier alpha value is -2.29. The molecule has 2 aromatic carbocycles. The topological polar surface area (TPSA) is 35.3 Å². The molecule has 0 unspecified atom stereocenters. The lowest BCUT2D eigenvalue weighted by Gasteiger charge is -2.12. The molecular weight excluding hydrogens is 262 g/mol. The summed E-state index contributed by atoms with van der Waals surface area (Å²) in [5, 5.41) is 0. The van der Waals surface area contributed by atoms with E-state index < -0.39 is 0 Å². The van der Waals surface area contributed by atoms with E-state index in [9.17, 15) is 0 Å². The van der Waals surface area contributed by atoms with E-state index in [0.717, 1.165) is 28.0 Å². The van der Waals surface area contributed by atoms with E-state index in [1.807, 2.05) is 37.3 Å². The van der Waals surface area contributed by atoms with Gasteiger partial charge in [0, 0.05) is 5.56 Å². The molecule has 3 rings (SSSR count). The molecule has 0 amide bonds. The van der Waals surface area contributed by atoms with Crippen LogP contribution in [0.3, 0.4) is 0 Å². The Morgan fingerprint density at radius 1 is 1.14 bits per heavy atom. The van der Waals surface area contributed by atoms with Gasteiger partial charge in [0.2, 0.25) is 5.89 Å². The van der Waals surface area contributed by atoms with Crippen molar-refractivity contribution < 1.29 is 9.15 Å². The van der Waals surface area contributed by atoms with Gasteiger partial charge in [0.15, 0.2) is 5.58 Å². The van der Waals surface area contributed by atoms with Gasteiger partial charge in [0.1, 0.15) is 11.3 Å². The number of benzene rings is 2. The normalized spacial score (nSPS) is 11.3. The maximum atomic E-state index is 5.87. The van der Waals surface area contributed by atoms with E-state index in [2.05, 4.69) is 24.9 Å². The molecule has 0 aliphatic rings. The predicted octanol–water partition coefficient (Wildman–Crippen LogP) is 4.94. The van der Waals surface area contributed by atoms with Crippen LogP contribution >= 0.6 is 0 Å². The van der Waals surface area contributed by atoms with Crippen LogP contribution in [0.25, 0.3) is 22.6 Å². The Kier molecular flexibility index (Phi) is 3.42. The highest BCUT2D eigenvalue weighted by atomic mass is 16.5. The molecule has 3 heteroatoms. The number of aromatic nitrogens is 1. The van der Waals surface area contributed by atoms with E-state index in [4.69, 9.17) is 9.15 Å². The maximum Gasteiger partial charge on any atom is 0.227 e. The summed E-state index contributed by atoms with van der Waals surface area (Å²) in [6, 6.07) is 12.1. The number of rotatable bonds is 3. The van der Waals surface area contributed by atoms with Gasteiger partial charge in [0.25, 0.3) is 0 Å². The number of ether oxygens (including phenoxy) is 1. The van der Waals surface area contributed by atoms with E-state index in [0.29, 0.717) is 11.8 Å². The maximum absolute atomic E-state index is 5.87. The summed E-state index contributed by atoms with van der Waals surface area (Å²) in [4.78, 5) is 4.61. The molecular formula is C18H19NO2. The molecule has 0 aliphatic heterocycles. The van der Waals surface area contributed by atoms with E-state index in [-0.39, 0.29) is 0 Å². The zero-order valence-electron chi connectivity index (χ0n) is 12.8. The number of fused-ring (bicyclic) bond motifs is 1. The third kappa shape index (κ3) is 2.40. The summed E-state index contributed by atoms with van der Waals surface area (Å²) >= 11 is 0. The minimum atomic E-state index is 0.417. The molecule has 0 spiro atoms. The number of hydrogen-bond acceptors (Lipinski definition) is 3. The summed E-state index contributed by atoms with van der Waals surface area (Å²) in [6.07, 6.45) is 0. The molecule has 0 aliphatic carbocycles. The zero-order valence-corrected chi connectivity index (χ0v) is 12.8. The SMILES string of the molecule is COc1cc(-c2nc3c(C)cccc3o2)ccc1C(C)C. The average Bonchev–Trinajstić information content (AvgIpc) is 2.92. The summed E-state index contributed by atoms with van der Waals surface area (Å²) in [5.74, 6) is 1.93. The number of oxazole rings is 1. The summed E-state index contributed by atoms with van der Waals surface area (Å²) < 4.78 is 11.4. The average molecular weight is 281 g/mol. The van der Waals surface area contributed by atoms with E-state index >= 15 is 0 Å². The monoisotopic (exact) mass is 281 g/mol. The fourth-order valence-electron chi connectivity index (χ4n) is 2.53. The fourth-order valence-corrected chi connectivity index (χ4v) is 2.53. The molecule has 0 radical (unpaired) electrons. The molecule has 0 N–H and O–H groups in total. The minimum absolute atomic E-state index is 0.417. The van der Waals surface area contributed by atoms with Gasteiger partial charge in [-0.1, -0.05) is 32.0 Å². The molecule has 1 heterocycles. The quantitative estimate of drug-likeness (QED) is 0.682. The van der Waals surface area contributed by atoms with Crippen LogP contribution in [0.5, 0.6) is 5.75 Å². The number of aryl methyl sites for hydroxylation is 1. The van der Waals surface area contributed by atoms with Gasteiger partial charge in [-0.2, -0.15) is 0 Å². The molecule has 3 nitrogen and oxygen atoms in total. The Labute approximate surface area is 124 Å². The summed E-state index contributed by atoms with van der Waals surface area (Å²) in [7, 11) is 1.70. The Morgan fingerprint density at radius 3 is 2.62 bits per heavy atom. The predicted molar refractivity (Wildman–Crippen MR) is 84.8 cm³/mol. The second-order valence-electron chi connectivity index (χ2n) is 5.55. The first-order valence-electron chi connectivity index (χ1n) is 7.14. The lowest BCUT2D eigenvalue weighted by Crippen LogP contribution is -1.94. The Morgan fingerprint density at radius 2 is 1.95 bits per heavy atom. The van der Waals surface area contributed by atoms with Crippen molar-refractivity contribution in [1.82, 2.24) is 4.98 Å². The number of methoxy groups -OCH3 is 1. The molecule has 0 atom stereocenters. The van der Waals surface area contributed by atoms with Crippen LogP contribution in [0.4, 0.5) is 0 Å². The van der Waals surface area contributed by atoms with Gasteiger partial charge in [-0.25, -0.2) is 4.98 Å². The number of para-hydroxylation sites is 1. The van der Waals surface area contributed by atoms with Gasteiger partial charge in [0.05, 0.1) is 7.11 Å². The van der Waals surface area contributed by atoms with Crippen molar-refractivity contribution in [1.29, 1.82) is 0 Å². The first-order chi connectivity index (χ1) is 10.1. The molecule has 108 valence electrons. The highest BCUT2D eigenvalue weighted by Crippen LogP contribution is 2.32. The highest BCUT2D eigenvalue weighted by Gasteiger charge is 2.13. The van der Waals surface area contributed by atoms with Crippen molar-refractivity contribution in [2.24, 2.45) is 0 Å². The third-order valence-corrected chi connectivity index (χ3v) is 3.72. The lowest BCUT2D eigenvalue weighted by molar-refractivity contribution is 0.407. The smallest absolute Gasteiger partial charge is 0.227 e. The van der Waals surface area contributed by atoms with Crippen LogP contribution in [0.1, 0.15) is 30.9 Å². The molecule has 0 saturated heterocycles. The molecule has 0 fully saturated rings. The van der Waals surface area contributed by atoms with Gasteiger partial charge in [-0.15, -0.1) is 0 Å². The highest BCUT2D eigenvalue weighted by molar-refractivity contribution is 5.79. The van der Waals surface area contributed by atoms with Gasteiger partial charge in [-0.05, 0) is 42.2 Å². The lowest BCUT2D eigenvalue weighted by atomic mass is 10.0. The van der Waals surface area contributed by atoms with Crippen molar-refractivity contribution in [3.63, 3.8) is 0 Å². The Bertz CT molecular complexity index is 787. The standard InChI is InChI=1S/C18H19NO2/c1-11(2)14-9-8-13(10-16(14)20-4)18-19-17-12(3)6-5-7-15(17)21-18/h5-11H,1-4H3. The van der Waals surface area contributed by atoms with Crippen LogP contribution < -0.4 is 4.74 Å². The fraction of sp³-hybridized carbons (Fsp3) is 0.278. The molecule has 21 heavy (non-hydrogen) atoms. The van der Waals surface area contributed by atoms with Gasteiger partial charge >= 0.3 is 0 Å². The first-order valence-corrected chi connectivity index (χ1v) is 7.14. The number of hydrogen-bond donors (Lipinski definition) is 0. The zero-order chi connectivity index (χ0) is 15.0. The van der Waals surface area contributed by atoms with E-state index in [1.165, 1.54) is 5.56 Å². The van der Waals surface area contributed by atoms with Crippen molar-refractivity contribution in [3.8, 4) is 17.2 Å². The molecule has 1 aromatic heterocycles. The van der Waals surface area contributed by atoms with E-state index in [1.54, 1.807) is 7.11 Å². The van der Waals surface area contributed by atoms with Crippen molar-refractivity contribution in [3.05, 3.63) is 47.5 Å². The first kappa shape index (κ1) is 13.7. The molecule has 3 aromatic rings. The molecule has 0 bridgehead atoms. The minimum Gasteiger partial charge on any atom is -0.496 e. The van der Waals surface area contributed by atoms with Gasteiger partial charge in [-0.3, -0.25) is 0 Å². The van der Waals surface area contributed by atoms with Crippen LogP contribution in [0.2, 0.25) is 0 Å². The van der Waals surface area contributed by atoms with Crippen molar-refractivity contribution in [2.45, 2.75) is 26.7 Å². The summed E-state index contributed by atoms with van der Waals surface area (Å²) in [5.41, 5.74) is 4.98. The van der Waals surface area contributed by atoms with Crippen molar-refractivity contribution in [2.75, 3.05) is 7.11 Å². The van der Waals surface area contributed by atoms with Crippen LogP contribution in [-0.4, -0.2) is 12.1 Å².